The molecule has 0 aliphatic heterocycles. The van der Waals surface area contributed by atoms with Gasteiger partial charge < -0.3 is 16.0 Å². The van der Waals surface area contributed by atoms with Crippen LogP contribution >= 0.6 is 0 Å². The Labute approximate surface area is 122 Å². The highest BCUT2D eigenvalue weighted by atomic mass is 15.1. The lowest BCUT2D eigenvalue weighted by atomic mass is 10.1. The van der Waals surface area contributed by atoms with Gasteiger partial charge in [-0.3, -0.25) is 4.98 Å². The zero-order valence-corrected chi connectivity index (χ0v) is 13.0. The summed E-state index contributed by atoms with van der Waals surface area (Å²) in [6.07, 6.45) is 5.76. The molecule has 4 heteroatoms. The van der Waals surface area contributed by atoms with Crippen molar-refractivity contribution in [3.05, 3.63) is 35.3 Å². The second-order valence-electron chi connectivity index (χ2n) is 5.09. The van der Waals surface area contributed by atoms with E-state index in [9.17, 15) is 0 Å². The number of nitrogens with two attached hydrogens (primary N) is 1. The van der Waals surface area contributed by atoms with Gasteiger partial charge >= 0.3 is 0 Å². The van der Waals surface area contributed by atoms with Gasteiger partial charge in [-0.05, 0) is 38.8 Å². The van der Waals surface area contributed by atoms with Crippen molar-refractivity contribution in [2.75, 3.05) is 18.8 Å². The molecule has 0 spiro atoms. The number of hydrogen-bond donors (Lipinski definition) is 2. The maximum absolute atomic E-state index is 8.26. The smallest absolute Gasteiger partial charge is 0.0648 e. The zero-order chi connectivity index (χ0) is 15.1. The van der Waals surface area contributed by atoms with Crippen molar-refractivity contribution >= 4 is 11.4 Å². The summed E-state index contributed by atoms with van der Waals surface area (Å²) in [6.45, 7) is 10.4. The lowest BCUT2D eigenvalue weighted by Gasteiger charge is -2.24. The SMILES string of the molecule is CCCN(CCC)/C(C)=C/C(=N)c1cc(N)cnc1C. The normalized spacial score (nSPS) is 11.5. The number of nitrogens with one attached hydrogen (secondary N) is 1. The maximum atomic E-state index is 8.26. The van der Waals surface area contributed by atoms with Gasteiger partial charge in [0, 0.05) is 30.0 Å². The molecule has 0 saturated heterocycles. The minimum absolute atomic E-state index is 0.469. The minimum atomic E-state index is 0.469. The average Bonchev–Trinajstić information content (AvgIpc) is 2.41. The minimum Gasteiger partial charge on any atom is -0.397 e. The Morgan fingerprint density at radius 2 is 1.95 bits per heavy atom. The molecule has 20 heavy (non-hydrogen) atoms. The number of aryl methyl sites for hydroxylation is 1. The number of rotatable bonds is 7. The van der Waals surface area contributed by atoms with Crippen LogP contribution in [0, 0.1) is 12.3 Å². The van der Waals surface area contributed by atoms with Gasteiger partial charge in [0.1, 0.15) is 0 Å². The molecular formula is C16H26N4. The molecule has 4 nitrogen and oxygen atoms in total. The molecule has 1 heterocycles. The second-order valence-corrected chi connectivity index (χ2v) is 5.09. The summed E-state index contributed by atoms with van der Waals surface area (Å²) >= 11 is 0. The highest BCUT2D eigenvalue weighted by Crippen LogP contribution is 2.13. The molecule has 0 unspecified atom stereocenters. The van der Waals surface area contributed by atoms with E-state index < -0.39 is 0 Å². The van der Waals surface area contributed by atoms with Crippen LogP contribution in [0.25, 0.3) is 0 Å². The number of anilines is 1. The van der Waals surface area contributed by atoms with Crippen molar-refractivity contribution in [1.29, 1.82) is 5.41 Å². The topological polar surface area (TPSA) is 66.0 Å². The summed E-state index contributed by atoms with van der Waals surface area (Å²) in [7, 11) is 0. The van der Waals surface area contributed by atoms with Gasteiger partial charge in [-0.15, -0.1) is 0 Å². The highest BCUT2D eigenvalue weighted by molar-refractivity contribution is 6.07. The van der Waals surface area contributed by atoms with E-state index >= 15 is 0 Å². The third-order valence-electron chi connectivity index (χ3n) is 3.24. The molecule has 0 atom stereocenters. The second kappa shape index (κ2) is 7.68. The van der Waals surface area contributed by atoms with Crippen molar-refractivity contribution in [1.82, 2.24) is 9.88 Å². The molecule has 1 rings (SSSR count). The molecule has 0 saturated carbocycles. The predicted octanol–water partition coefficient (Wildman–Crippen LogP) is 3.37. The van der Waals surface area contributed by atoms with Crippen LogP contribution < -0.4 is 5.73 Å². The Balaban J connectivity index is 2.95. The Morgan fingerprint density at radius 3 is 2.50 bits per heavy atom. The molecular weight excluding hydrogens is 248 g/mol. The van der Waals surface area contributed by atoms with Gasteiger partial charge in [-0.2, -0.15) is 0 Å². The molecule has 1 aromatic rings. The van der Waals surface area contributed by atoms with E-state index in [-0.39, 0.29) is 0 Å². The lowest BCUT2D eigenvalue weighted by Crippen LogP contribution is -2.24. The molecule has 110 valence electrons. The largest absolute Gasteiger partial charge is 0.397 e. The Hall–Kier alpha value is -1.84. The van der Waals surface area contributed by atoms with Crippen molar-refractivity contribution in [3.63, 3.8) is 0 Å². The molecule has 0 aliphatic carbocycles. The van der Waals surface area contributed by atoms with E-state index in [2.05, 4.69) is 30.7 Å². The van der Waals surface area contributed by atoms with Crippen LogP contribution in [-0.2, 0) is 0 Å². The van der Waals surface area contributed by atoms with Gasteiger partial charge in [0.2, 0.25) is 0 Å². The van der Waals surface area contributed by atoms with Gasteiger partial charge in [-0.1, -0.05) is 13.8 Å². The number of aromatic nitrogens is 1. The molecule has 0 fully saturated rings. The molecule has 3 N–H and O–H groups in total. The van der Waals surface area contributed by atoms with E-state index in [1.165, 1.54) is 0 Å². The van der Waals surface area contributed by atoms with Crippen molar-refractivity contribution < 1.29 is 0 Å². The summed E-state index contributed by atoms with van der Waals surface area (Å²) in [4.78, 5) is 6.54. The number of nitrogens with zero attached hydrogens (tertiary/aromatic N) is 2. The molecule has 0 radical (unpaired) electrons. The van der Waals surface area contributed by atoms with E-state index in [0.29, 0.717) is 11.4 Å². The van der Waals surface area contributed by atoms with Crippen LogP contribution in [0.1, 0.15) is 44.9 Å². The Morgan fingerprint density at radius 1 is 1.35 bits per heavy atom. The summed E-state index contributed by atoms with van der Waals surface area (Å²) in [6, 6.07) is 1.82. The predicted molar refractivity (Wildman–Crippen MR) is 86.1 cm³/mol. The first-order chi connectivity index (χ1) is 9.49. The molecule has 0 aliphatic rings. The first kappa shape index (κ1) is 16.2. The van der Waals surface area contributed by atoms with E-state index in [1.54, 1.807) is 6.20 Å². The van der Waals surface area contributed by atoms with Gasteiger partial charge in [0.15, 0.2) is 0 Å². The number of hydrogen-bond acceptors (Lipinski definition) is 4. The maximum Gasteiger partial charge on any atom is 0.0648 e. The standard InChI is InChI=1S/C16H26N4/c1-5-7-20(8-6-2)12(3)9-16(18)15-10-14(17)11-19-13(15)4/h9-11,18H,5-8,17H2,1-4H3/b12-9+,18-16?. The van der Waals surface area contributed by atoms with Gasteiger partial charge in [0.05, 0.1) is 17.6 Å². The number of allylic oxidation sites excluding steroid dienone is 2. The van der Waals surface area contributed by atoms with Crippen LogP contribution in [-0.4, -0.2) is 28.7 Å². The van der Waals surface area contributed by atoms with Crippen LogP contribution in [0.5, 0.6) is 0 Å². The van der Waals surface area contributed by atoms with E-state index in [0.717, 1.165) is 42.9 Å². The zero-order valence-electron chi connectivity index (χ0n) is 13.0. The van der Waals surface area contributed by atoms with E-state index in [4.69, 9.17) is 11.1 Å². The Bertz CT molecular complexity index is 485. The highest BCUT2D eigenvalue weighted by Gasteiger charge is 2.08. The first-order valence-electron chi connectivity index (χ1n) is 7.23. The summed E-state index contributed by atoms with van der Waals surface area (Å²) < 4.78 is 0. The van der Waals surface area contributed by atoms with Crippen LogP contribution in [0.2, 0.25) is 0 Å². The van der Waals surface area contributed by atoms with Crippen molar-refractivity contribution in [3.8, 4) is 0 Å². The molecule has 0 aromatic carbocycles. The van der Waals surface area contributed by atoms with Crippen molar-refractivity contribution in [2.24, 2.45) is 0 Å². The summed E-state index contributed by atoms with van der Waals surface area (Å²) in [5, 5.41) is 8.26. The number of pyridine rings is 1. The van der Waals surface area contributed by atoms with Crippen LogP contribution in [0.3, 0.4) is 0 Å². The first-order valence-corrected chi connectivity index (χ1v) is 7.23. The van der Waals surface area contributed by atoms with Gasteiger partial charge in [0.25, 0.3) is 0 Å². The monoisotopic (exact) mass is 274 g/mol. The fraction of sp³-hybridized carbons (Fsp3) is 0.500. The molecule has 1 aromatic heterocycles. The van der Waals surface area contributed by atoms with Crippen molar-refractivity contribution in [2.45, 2.75) is 40.5 Å². The quantitative estimate of drug-likeness (QED) is 0.749. The van der Waals surface area contributed by atoms with Gasteiger partial charge in [-0.25, -0.2) is 0 Å². The average molecular weight is 274 g/mol. The van der Waals surface area contributed by atoms with Crippen LogP contribution in [0.15, 0.2) is 24.0 Å². The number of nitrogen functional groups attached to an aromatic ring is 1. The Kier molecular flexibility index (Phi) is 6.22. The molecule has 0 amide bonds. The fourth-order valence-corrected chi connectivity index (χ4v) is 2.20. The molecule has 0 bridgehead atoms. The third kappa shape index (κ3) is 4.37. The summed E-state index contributed by atoms with van der Waals surface area (Å²) in [5.41, 5.74) is 9.60. The van der Waals surface area contributed by atoms with E-state index in [1.807, 2.05) is 19.1 Å². The fourth-order valence-electron chi connectivity index (χ4n) is 2.20. The lowest BCUT2D eigenvalue weighted by molar-refractivity contribution is 0.346. The summed E-state index contributed by atoms with van der Waals surface area (Å²) in [5.74, 6) is 0. The van der Waals surface area contributed by atoms with Crippen LogP contribution in [0.4, 0.5) is 5.69 Å². The third-order valence-corrected chi connectivity index (χ3v) is 3.24.